The molecule has 2 nitrogen and oxygen atoms in total. The quantitative estimate of drug-likeness (QED) is 0.837. The lowest BCUT2D eigenvalue weighted by molar-refractivity contribution is 0.645. The summed E-state index contributed by atoms with van der Waals surface area (Å²) in [6, 6.07) is 9.58. The van der Waals surface area contributed by atoms with Gasteiger partial charge in [0.1, 0.15) is 0 Å². The molecule has 17 heavy (non-hydrogen) atoms. The second-order valence-electron chi connectivity index (χ2n) is 4.48. The zero-order valence-corrected chi connectivity index (χ0v) is 12.3. The van der Waals surface area contributed by atoms with E-state index in [0.717, 1.165) is 5.75 Å². The fourth-order valence-corrected chi connectivity index (χ4v) is 2.63. The van der Waals surface area contributed by atoms with Gasteiger partial charge in [-0.05, 0) is 38.8 Å². The first kappa shape index (κ1) is 14.4. The van der Waals surface area contributed by atoms with E-state index in [2.05, 4.69) is 61.6 Å². The van der Waals surface area contributed by atoms with Crippen molar-refractivity contribution >= 4 is 17.4 Å². The molecule has 0 saturated heterocycles. The molecule has 0 aliphatic rings. The topological polar surface area (TPSA) is 15.3 Å². The Bertz CT molecular complexity index is 341. The van der Waals surface area contributed by atoms with Gasteiger partial charge < -0.3 is 10.2 Å². The Morgan fingerprint density at radius 1 is 1.29 bits per heavy atom. The van der Waals surface area contributed by atoms with Gasteiger partial charge in [0.2, 0.25) is 0 Å². The molecule has 2 atom stereocenters. The zero-order chi connectivity index (χ0) is 12.8. The van der Waals surface area contributed by atoms with Crippen LogP contribution in [0.2, 0.25) is 0 Å². The van der Waals surface area contributed by atoms with E-state index in [1.54, 1.807) is 0 Å². The molecule has 0 aliphatic carbocycles. The molecule has 1 rings (SSSR count). The maximum absolute atomic E-state index is 3.32. The molecule has 0 bridgehead atoms. The normalized spacial score (nSPS) is 14.4. The molecule has 0 fully saturated rings. The summed E-state index contributed by atoms with van der Waals surface area (Å²) in [5, 5.41) is 3.32. The van der Waals surface area contributed by atoms with Crippen LogP contribution in [0.3, 0.4) is 0 Å². The fraction of sp³-hybridized carbons (Fsp3) is 0.571. The van der Waals surface area contributed by atoms with Gasteiger partial charge in [-0.15, -0.1) is 0 Å². The molecule has 0 saturated carbocycles. The van der Waals surface area contributed by atoms with E-state index in [0.29, 0.717) is 12.1 Å². The maximum atomic E-state index is 3.32. The van der Waals surface area contributed by atoms with Crippen LogP contribution < -0.4 is 10.2 Å². The van der Waals surface area contributed by atoms with Crippen LogP contribution in [0.1, 0.15) is 25.5 Å². The summed E-state index contributed by atoms with van der Waals surface area (Å²) >= 11 is 1.90. The lowest BCUT2D eigenvalue weighted by atomic mass is 10.0. The summed E-state index contributed by atoms with van der Waals surface area (Å²) in [6.45, 7) is 4.48. The van der Waals surface area contributed by atoms with Gasteiger partial charge in [0.05, 0.1) is 0 Å². The van der Waals surface area contributed by atoms with Crippen molar-refractivity contribution in [3.05, 3.63) is 29.8 Å². The Morgan fingerprint density at radius 3 is 2.53 bits per heavy atom. The highest BCUT2D eigenvalue weighted by molar-refractivity contribution is 7.98. The molecule has 96 valence electrons. The zero-order valence-electron chi connectivity index (χ0n) is 11.5. The number of hydrogen-bond acceptors (Lipinski definition) is 3. The number of hydrogen-bond donors (Lipinski definition) is 1. The third kappa shape index (κ3) is 3.65. The standard InChI is InChI=1S/C14H24N2S/c1-11(10-17-5)16(4)14-9-7-6-8-13(14)12(2)15-3/h6-9,11-12,15H,10H2,1-5H3. The van der Waals surface area contributed by atoms with Gasteiger partial charge in [0, 0.05) is 30.6 Å². The average molecular weight is 252 g/mol. The van der Waals surface area contributed by atoms with Crippen LogP contribution in [0.4, 0.5) is 5.69 Å². The van der Waals surface area contributed by atoms with E-state index in [1.807, 2.05) is 18.8 Å². The van der Waals surface area contributed by atoms with E-state index < -0.39 is 0 Å². The van der Waals surface area contributed by atoms with Crippen LogP contribution in [-0.4, -0.2) is 32.1 Å². The van der Waals surface area contributed by atoms with Gasteiger partial charge in [-0.1, -0.05) is 18.2 Å². The van der Waals surface area contributed by atoms with Crippen LogP contribution in [0.5, 0.6) is 0 Å². The van der Waals surface area contributed by atoms with E-state index >= 15 is 0 Å². The van der Waals surface area contributed by atoms with Crippen molar-refractivity contribution in [3.63, 3.8) is 0 Å². The van der Waals surface area contributed by atoms with Crippen molar-refractivity contribution in [2.45, 2.75) is 25.9 Å². The summed E-state index contributed by atoms with van der Waals surface area (Å²) in [5.74, 6) is 1.15. The van der Waals surface area contributed by atoms with Crippen LogP contribution in [0, 0.1) is 0 Å². The Balaban J connectivity index is 2.96. The highest BCUT2D eigenvalue weighted by atomic mass is 32.2. The predicted molar refractivity (Wildman–Crippen MR) is 80.2 cm³/mol. The monoisotopic (exact) mass is 252 g/mol. The number of rotatable bonds is 6. The largest absolute Gasteiger partial charge is 0.371 e. The highest BCUT2D eigenvalue weighted by Gasteiger charge is 2.15. The van der Waals surface area contributed by atoms with Crippen molar-refractivity contribution in [2.75, 3.05) is 31.0 Å². The molecule has 2 unspecified atom stereocenters. The van der Waals surface area contributed by atoms with E-state index in [-0.39, 0.29) is 0 Å². The Hall–Kier alpha value is -0.670. The summed E-state index contributed by atoms with van der Waals surface area (Å²) in [7, 11) is 4.19. The number of thioether (sulfide) groups is 1. The van der Waals surface area contributed by atoms with Crippen molar-refractivity contribution in [1.29, 1.82) is 0 Å². The van der Waals surface area contributed by atoms with Gasteiger partial charge in [0.15, 0.2) is 0 Å². The summed E-state index contributed by atoms with van der Waals surface area (Å²) in [5.41, 5.74) is 2.70. The molecule has 1 aromatic carbocycles. The smallest absolute Gasteiger partial charge is 0.0414 e. The van der Waals surface area contributed by atoms with Crippen LogP contribution in [0.25, 0.3) is 0 Å². The van der Waals surface area contributed by atoms with Gasteiger partial charge in [0.25, 0.3) is 0 Å². The summed E-state index contributed by atoms with van der Waals surface area (Å²) in [6.07, 6.45) is 2.16. The molecule has 0 spiro atoms. The number of para-hydroxylation sites is 1. The molecule has 0 aliphatic heterocycles. The van der Waals surface area contributed by atoms with Crippen LogP contribution in [-0.2, 0) is 0 Å². The van der Waals surface area contributed by atoms with Gasteiger partial charge in [-0.25, -0.2) is 0 Å². The van der Waals surface area contributed by atoms with Gasteiger partial charge in [-0.3, -0.25) is 0 Å². The average Bonchev–Trinajstić information content (AvgIpc) is 2.37. The molecule has 0 amide bonds. The lowest BCUT2D eigenvalue weighted by Gasteiger charge is -2.30. The predicted octanol–water partition coefficient (Wildman–Crippen LogP) is 3.15. The van der Waals surface area contributed by atoms with Crippen molar-refractivity contribution < 1.29 is 0 Å². The Morgan fingerprint density at radius 2 is 1.94 bits per heavy atom. The van der Waals surface area contributed by atoms with E-state index in [9.17, 15) is 0 Å². The number of nitrogens with one attached hydrogen (secondary N) is 1. The van der Waals surface area contributed by atoms with Crippen LogP contribution in [0.15, 0.2) is 24.3 Å². The Labute approximate surface area is 110 Å². The van der Waals surface area contributed by atoms with Crippen molar-refractivity contribution in [2.24, 2.45) is 0 Å². The summed E-state index contributed by atoms with van der Waals surface area (Å²) in [4.78, 5) is 2.37. The lowest BCUT2D eigenvalue weighted by Crippen LogP contribution is -2.32. The third-order valence-electron chi connectivity index (χ3n) is 3.29. The molecule has 0 aromatic heterocycles. The minimum absolute atomic E-state index is 0.384. The first-order valence-electron chi connectivity index (χ1n) is 6.09. The number of benzene rings is 1. The third-order valence-corrected chi connectivity index (χ3v) is 4.10. The van der Waals surface area contributed by atoms with E-state index in [1.165, 1.54) is 11.3 Å². The minimum atomic E-state index is 0.384. The van der Waals surface area contributed by atoms with Gasteiger partial charge in [-0.2, -0.15) is 11.8 Å². The minimum Gasteiger partial charge on any atom is -0.371 e. The SMILES string of the molecule is CNC(C)c1ccccc1N(C)C(C)CSC. The number of anilines is 1. The Kier molecular flexibility index (Phi) is 5.86. The molecule has 1 aromatic rings. The summed E-state index contributed by atoms with van der Waals surface area (Å²) < 4.78 is 0. The van der Waals surface area contributed by atoms with Crippen LogP contribution >= 0.6 is 11.8 Å². The first-order valence-corrected chi connectivity index (χ1v) is 7.49. The first-order chi connectivity index (χ1) is 8.11. The molecular formula is C14H24N2S. The highest BCUT2D eigenvalue weighted by Crippen LogP contribution is 2.26. The molecule has 0 heterocycles. The molecular weight excluding hydrogens is 228 g/mol. The fourth-order valence-electron chi connectivity index (χ4n) is 1.92. The molecule has 3 heteroatoms. The number of nitrogens with zero attached hydrogens (tertiary/aromatic N) is 1. The second-order valence-corrected chi connectivity index (χ2v) is 5.40. The van der Waals surface area contributed by atoms with E-state index in [4.69, 9.17) is 0 Å². The molecule has 0 radical (unpaired) electrons. The van der Waals surface area contributed by atoms with Crippen molar-refractivity contribution in [1.82, 2.24) is 5.32 Å². The molecule has 1 N–H and O–H groups in total. The maximum Gasteiger partial charge on any atom is 0.0414 e. The van der Waals surface area contributed by atoms with Gasteiger partial charge >= 0.3 is 0 Å². The van der Waals surface area contributed by atoms with Crippen molar-refractivity contribution in [3.8, 4) is 0 Å². The second kappa shape index (κ2) is 6.92.